The Morgan fingerprint density at radius 2 is 1.88 bits per heavy atom. The zero-order valence-electron chi connectivity index (χ0n) is 12.3. The van der Waals surface area contributed by atoms with Crippen molar-refractivity contribution in [1.82, 2.24) is 9.78 Å². The van der Waals surface area contributed by atoms with Crippen molar-refractivity contribution in [1.29, 1.82) is 0 Å². The second kappa shape index (κ2) is 6.59. The number of nitrogens with zero attached hydrogens (tertiary/aromatic N) is 3. The van der Waals surface area contributed by atoms with E-state index in [0.29, 0.717) is 4.68 Å². The molecule has 0 aliphatic heterocycles. The summed E-state index contributed by atoms with van der Waals surface area (Å²) in [5, 5.41) is 16.1. The van der Waals surface area contributed by atoms with E-state index in [4.69, 9.17) is 5.73 Å². The van der Waals surface area contributed by atoms with E-state index in [-0.39, 0.29) is 11.3 Å². The molecule has 0 spiro atoms. The number of carbonyl (C=O) groups is 2. The fourth-order valence-electron chi connectivity index (χ4n) is 1.90. The van der Waals surface area contributed by atoms with Gasteiger partial charge >= 0.3 is 6.18 Å². The minimum absolute atomic E-state index is 0.0687. The average Bonchev–Trinajstić information content (AvgIpc) is 2.88. The number of amides is 2. The van der Waals surface area contributed by atoms with Crippen molar-refractivity contribution in [2.45, 2.75) is 12.7 Å². The van der Waals surface area contributed by atoms with E-state index >= 15 is 0 Å². The van der Waals surface area contributed by atoms with Gasteiger partial charge in [0.2, 0.25) is 0 Å². The van der Waals surface area contributed by atoms with E-state index in [1.807, 2.05) is 0 Å². The lowest BCUT2D eigenvalue weighted by atomic mass is 10.2. The van der Waals surface area contributed by atoms with Gasteiger partial charge in [0.15, 0.2) is 0 Å². The third kappa shape index (κ3) is 4.31. The topological polar surface area (TPSA) is 133 Å². The molecule has 0 atom stereocenters. The number of hydrogen-bond acceptors (Lipinski definition) is 5. The lowest BCUT2D eigenvalue weighted by Gasteiger charge is -2.12. The fraction of sp³-hybridized carbons (Fsp3) is 0.154. The summed E-state index contributed by atoms with van der Waals surface area (Å²) in [5.74, 6) is -2.48. The number of benzene rings is 1. The molecule has 2 aromatic rings. The van der Waals surface area contributed by atoms with E-state index < -0.39 is 40.8 Å². The van der Waals surface area contributed by atoms with Crippen molar-refractivity contribution in [2.24, 2.45) is 5.73 Å². The van der Waals surface area contributed by atoms with Gasteiger partial charge in [0.25, 0.3) is 17.5 Å². The van der Waals surface area contributed by atoms with Gasteiger partial charge in [-0.3, -0.25) is 19.7 Å². The summed E-state index contributed by atoms with van der Waals surface area (Å²) in [6.07, 6.45) is -3.84. The van der Waals surface area contributed by atoms with E-state index in [9.17, 15) is 32.9 Å². The molecule has 25 heavy (non-hydrogen) atoms. The first-order valence-corrected chi connectivity index (χ1v) is 6.56. The highest BCUT2D eigenvalue weighted by Gasteiger charge is 2.31. The molecule has 1 heterocycles. The SMILES string of the molecule is NC(=O)c1cnn(CC(F)(F)F)c1NC(=O)c1ccc([N+](=O)[O-])cc1. The molecule has 9 nitrogen and oxygen atoms in total. The van der Waals surface area contributed by atoms with Gasteiger partial charge in [-0.25, -0.2) is 4.68 Å². The molecule has 0 aliphatic rings. The van der Waals surface area contributed by atoms with Crippen LogP contribution in [0.15, 0.2) is 30.5 Å². The number of halogens is 3. The predicted molar refractivity (Wildman–Crippen MR) is 77.8 cm³/mol. The summed E-state index contributed by atoms with van der Waals surface area (Å²) in [4.78, 5) is 33.3. The molecule has 132 valence electrons. The molecule has 0 unspecified atom stereocenters. The normalized spacial score (nSPS) is 11.2. The van der Waals surface area contributed by atoms with Gasteiger partial charge in [-0.1, -0.05) is 0 Å². The molecule has 3 N–H and O–H groups in total. The highest BCUT2D eigenvalue weighted by Crippen LogP contribution is 2.23. The molecular weight excluding hydrogens is 347 g/mol. The minimum atomic E-state index is -4.65. The number of carbonyl (C=O) groups excluding carboxylic acids is 2. The van der Waals surface area contributed by atoms with Gasteiger partial charge in [-0.15, -0.1) is 0 Å². The summed E-state index contributed by atoms with van der Waals surface area (Å²) in [6, 6.07) is 4.33. The largest absolute Gasteiger partial charge is 0.408 e. The molecule has 12 heteroatoms. The smallest absolute Gasteiger partial charge is 0.365 e. The first-order chi connectivity index (χ1) is 11.6. The van der Waals surface area contributed by atoms with Crippen molar-refractivity contribution >= 4 is 23.3 Å². The van der Waals surface area contributed by atoms with Crippen molar-refractivity contribution in [2.75, 3.05) is 5.32 Å². The third-order valence-corrected chi connectivity index (χ3v) is 3.01. The van der Waals surface area contributed by atoms with Crippen LogP contribution in [-0.4, -0.2) is 32.7 Å². The third-order valence-electron chi connectivity index (χ3n) is 3.01. The van der Waals surface area contributed by atoms with Crippen LogP contribution in [0.5, 0.6) is 0 Å². The summed E-state index contributed by atoms with van der Waals surface area (Å²) in [5.41, 5.74) is 4.32. The zero-order valence-corrected chi connectivity index (χ0v) is 12.3. The number of anilines is 1. The van der Waals surface area contributed by atoms with Crippen LogP contribution in [0, 0.1) is 10.1 Å². The van der Waals surface area contributed by atoms with Gasteiger partial charge in [-0.2, -0.15) is 18.3 Å². The number of nitrogens with one attached hydrogen (secondary N) is 1. The van der Waals surface area contributed by atoms with Gasteiger partial charge in [0.1, 0.15) is 17.9 Å². The second-order valence-corrected chi connectivity index (χ2v) is 4.80. The highest BCUT2D eigenvalue weighted by molar-refractivity contribution is 6.08. The van der Waals surface area contributed by atoms with Gasteiger partial charge in [-0.05, 0) is 12.1 Å². The van der Waals surface area contributed by atoms with E-state index in [0.717, 1.165) is 30.5 Å². The Labute approximate surface area is 137 Å². The van der Waals surface area contributed by atoms with Crippen molar-refractivity contribution in [3.8, 4) is 0 Å². The maximum absolute atomic E-state index is 12.6. The van der Waals surface area contributed by atoms with Gasteiger partial charge in [0, 0.05) is 17.7 Å². The lowest BCUT2D eigenvalue weighted by Crippen LogP contribution is -2.24. The average molecular weight is 357 g/mol. The number of aromatic nitrogens is 2. The van der Waals surface area contributed by atoms with Crippen LogP contribution in [0.25, 0.3) is 0 Å². The summed E-state index contributed by atoms with van der Waals surface area (Å²) in [6.45, 7) is -1.55. The minimum Gasteiger partial charge on any atom is -0.365 e. The van der Waals surface area contributed by atoms with E-state index in [1.165, 1.54) is 0 Å². The number of nitro benzene ring substituents is 1. The molecule has 0 aliphatic carbocycles. The Hall–Kier alpha value is -3.44. The van der Waals surface area contributed by atoms with Crippen LogP contribution >= 0.6 is 0 Å². The Kier molecular flexibility index (Phi) is 4.72. The summed E-state index contributed by atoms with van der Waals surface area (Å²) < 4.78 is 38.1. The van der Waals surface area contributed by atoms with Crippen LogP contribution in [-0.2, 0) is 6.54 Å². The molecule has 0 bridgehead atoms. The number of non-ortho nitro benzene ring substituents is 1. The van der Waals surface area contributed by atoms with Crippen LogP contribution < -0.4 is 11.1 Å². The number of alkyl halides is 3. The van der Waals surface area contributed by atoms with Crippen LogP contribution in [0.2, 0.25) is 0 Å². The molecule has 1 aromatic heterocycles. The zero-order chi connectivity index (χ0) is 18.8. The van der Waals surface area contributed by atoms with E-state index in [1.54, 1.807) is 0 Å². The molecule has 2 amide bonds. The molecule has 0 radical (unpaired) electrons. The van der Waals surface area contributed by atoms with Crippen LogP contribution in [0.3, 0.4) is 0 Å². The van der Waals surface area contributed by atoms with Gasteiger partial charge < -0.3 is 11.1 Å². The van der Waals surface area contributed by atoms with Crippen molar-refractivity contribution in [3.63, 3.8) is 0 Å². The Morgan fingerprint density at radius 3 is 2.36 bits per heavy atom. The van der Waals surface area contributed by atoms with Gasteiger partial charge in [0.05, 0.1) is 11.1 Å². The molecular formula is C13H10F3N5O4. The maximum atomic E-state index is 12.6. The number of rotatable bonds is 5. The Morgan fingerprint density at radius 1 is 1.28 bits per heavy atom. The van der Waals surface area contributed by atoms with Crippen LogP contribution in [0.1, 0.15) is 20.7 Å². The summed E-state index contributed by atoms with van der Waals surface area (Å²) >= 11 is 0. The van der Waals surface area contributed by atoms with Crippen molar-refractivity contribution < 1.29 is 27.7 Å². The first kappa shape index (κ1) is 17.9. The lowest BCUT2D eigenvalue weighted by molar-refractivity contribution is -0.384. The number of hydrogen-bond donors (Lipinski definition) is 2. The Bertz CT molecular complexity index is 829. The fourth-order valence-corrected chi connectivity index (χ4v) is 1.90. The molecule has 1 aromatic carbocycles. The standard InChI is InChI=1S/C13H10F3N5O4/c14-13(15,16)6-20-11(9(5-18-20)10(17)22)19-12(23)7-1-3-8(4-2-7)21(24)25/h1-5H,6H2,(H2,17,22)(H,19,23). The van der Waals surface area contributed by atoms with Crippen molar-refractivity contribution in [3.05, 3.63) is 51.7 Å². The van der Waals surface area contributed by atoms with Crippen LogP contribution in [0.4, 0.5) is 24.7 Å². The quantitative estimate of drug-likeness (QED) is 0.621. The maximum Gasteiger partial charge on any atom is 0.408 e. The first-order valence-electron chi connectivity index (χ1n) is 6.56. The number of nitrogens with two attached hydrogens (primary N) is 1. The predicted octanol–water partition coefficient (Wildman–Crippen LogP) is 1.70. The number of nitro groups is 1. The number of primary amides is 1. The van der Waals surface area contributed by atoms with E-state index in [2.05, 4.69) is 10.4 Å². The summed E-state index contributed by atoms with van der Waals surface area (Å²) in [7, 11) is 0. The monoisotopic (exact) mass is 357 g/mol. The highest BCUT2D eigenvalue weighted by atomic mass is 19.4. The molecule has 2 rings (SSSR count). The Balaban J connectivity index is 2.31. The molecule has 0 saturated heterocycles. The molecule has 0 fully saturated rings. The molecule has 0 saturated carbocycles. The second-order valence-electron chi connectivity index (χ2n) is 4.80.